The van der Waals surface area contributed by atoms with E-state index < -0.39 is 5.54 Å². The molecule has 4 N–H and O–H groups in total. The van der Waals surface area contributed by atoms with Gasteiger partial charge in [-0.25, -0.2) is 0 Å². The highest BCUT2D eigenvalue weighted by atomic mass is 16.3. The lowest BCUT2D eigenvalue weighted by Crippen LogP contribution is -2.52. The first-order valence-electron chi connectivity index (χ1n) is 6.42. The molecule has 0 atom stereocenters. The first-order valence-corrected chi connectivity index (χ1v) is 6.42. The number of nitrogens with two attached hydrogens (primary N) is 1. The van der Waals surface area contributed by atoms with Gasteiger partial charge < -0.3 is 16.2 Å². The molecular weight excluding hydrogens is 228 g/mol. The number of hydrogen-bond acceptors (Lipinski definition) is 3. The predicted molar refractivity (Wildman–Crippen MR) is 71.5 cm³/mol. The molecule has 0 heterocycles. The van der Waals surface area contributed by atoms with Gasteiger partial charge in [0, 0.05) is 0 Å². The first kappa shape index (κ1) is 12.9. The Morgan fingerprint density at radius 2 is 2.00 bits per heavy atom. The van der Waals surface area contributed by atoms with Crippen molar-refractivity contribution in [2.75, 3.05) is 5.32 Å². The van der Waals surface area contributed by atoms with Crippen molar-refractivity contribution in [3.8, 4) is 5.75 Å². The number of phenolic OH excluding ortho intramolecular Hbond substituents is 1. The van der Waals surface area contributed by atoms with Gasteiger partial charge in [0.15, 0.2) is 0 Å². The lowest BCUT2D eigenvalue weighted by atomic mass is 9.82. The van der Waals surface area contributed by atoms with E-state index in [-0.39, 0.29) is 11.7 Å². The zero-order chi connectivity index (χ0) is 13.2. The van der Waals surface area contributed by atoms with Gasteiger partial charge in [-0.3, -0.25) is 4.79 Å². The van der Waals surface area contributed by atoms with Crippen LogP contribution < -0.4 is 11.1 Å². The van der Waals surface area contributed by atoms with Crippen molar-refractivity contribution in [2.24, 2.45) is 5.73 Å². The summed E-state index contributed by atoms with van der Waals surface area (Å²) in [5.74, 6) is -0.0756. The minimum absolute atomic E-state index is 0.116. The Balaban J connectivity index is 2.13. The molecule has 0 aliphatic heterocycles. The molecule has 1 amide bonds. The minimum atomic E-state index is -0.783. The smallest absolute Gasteiger partial charge is 0.244 e. The van der Waals surface area contributed by atoms with Gasteiger partial charge in [0.2, 0.25) is 5.91 Å². The highest BCUT2D eigenvalue weighted by Crippen LogP contribution is 2.30. The van der Waals surface area contributed by atoms with E-state index in [1.807, 2.05) is 0 Å². The Bertz CT molecular complexity index is 451. The van der Waals surface area contributed by atoms with Crippen LogP contribution in [0.3, 0.4) is 0 Å². The number of rotatable bonds is 2. The number of hydrogen-bond donors (Lipinski definition) is 3. The molecule has 0 aromatic heterocycles. The Morgan fingerprint density at radius 1 is 1.33 bits per heavy atom. The second-order valence-electron chi connectivity index (χ2n) is 5.14. The Hall–Kier alpha value is -1.55. The molecule has 0 bridgehead atoms. The van der Waals surface area contributed by atoms with E-state index in [9.17, 15) is 9.90 Å². The third-order valence-electron chi connectivity index (χ3n) is 3.68. The minimum Gasteiger partial charge on any atom is -0.505 e. The van der Waals surface area contributed by atoms with Crippen LogP contribution in [0.4, 0.5) is 5.69 Å². The van der Waals surface area contributed by atoms with Gasteiger partial charge in [0.1, 0.15) is 5.75 Å². The summed E-state index contributed by atoms with van der Waals surface area (Å²) >= 11 is 0. The maximum atomic E-state index is 12.2. The number of aromatic hydroxyl groups is 1. The zero-order valence-corrected chi connectivity index (χ0v) is 10.7. The predicted octanol–water partition coefficient (Wildman–Crippen LogP) is 2.30. The van der Waals surface area contributed by atoms with E-state index in [0.29, 0.717) is 18.5 Å². The number of anilines is 1. The molecule has 1 aliphatic rings. The lowest BCUT2D eigenvalue weighted by Gasteiger charge is -2.31. The molecule has 4 heteroatoms. The molecular formula is C14H20N2O2. The summed E-state index contributed by atoms with van der Waals surface area (Å²) in [5, 5.41) is 12.6. The largest absolute Gasteiger partial charge is 0.505 e. The number of carbonyl (C=O) groups is 1. The molecule has 4 nitrogen and oxygen atoms in total. The first-order chi connectivity index (χ1) is 8.53. The number of para-hydroxylation sites is 1. The van der Waals surface area contributed by atoms with E-state index in [0.717, 1.165) is 24.8 Å². The molecule has 1 fully saturated rings. The van der Waals surface area contributed by atoms with Crippen LogP contribution >= 0.6 is 0 Å². The third-order valence-corrected chi connectivity index (χ3v) is 3.68. The highest BCUT2D eigenvalue weighted by Gasteiger charge is 2.35. The molecule has 1 aliphatic carbocycles. The van der Waals surface area contributed by atoms with Gasteiger partial charge in [-0.05, 0) is 31.4 Å². The fourth-order valence-electron chi connectivity index (χ4n) is 2.42. The zero-order valence-electron chi connectivity index (χ0n) is 10.7. The van der Waals surface area contributed by atoms with Gasteiger partial charge in [0.25, 0.3) is 0 Å². The molecule has 18 heavy (non-hydrogen) atoms. The van der Waals surface area contributed by atoms with E-state index in [2.05, 4.69) is 5.32 Å². The summed E-state index contributed by atoms with van der Waals surface area (Å²) in [4.78, 5) is 12.2. The van der Waals surface area contributed by atoms with Gasteiger partial charge in [-0.1, -0.05) is 31.4 Å². The Morgan fingerprint density at radius 3 is 2.67 bits per heavy atom. The molecule has 0 saturated heterocycles. The van der Waals surface area contributed by atoms with Crippen molar-refractivity contribution < 1.29 is 9.90 Å². The fourth-order valence-corrected chi connectivity index (χ4v) is 2.42. The molecule has 0 unspecified atom stereocenters. The molecule has 98 valence electrons. The Labute approximate surface area is 107 Å². The molecule has 0 spiro atoms. The van der Waals surface area contributed by atoms with Crippen LogP contribution in [-0.2, 0) is 4.79 Å². The van der Waals surface area contributed by atoms with Gasteiger partial charge in [0.05, 0.1) is 11.2 Å². The van der Waals surface area contributed by atoms with Crippen molar-refractivity contribution in [1.29, 1.82) is 0 Å². The number of benzene rings is 1. The highest BCUT2D eigenvalue weighted by molar-refractivity contribution is 5.99. The molecule has 2 rings (SSSR count). The van der Waals surface area contributed by atoms with Crippen LogP contribution in [0.5, 0.6) is 5.75 Å². The number of phenols is 1. The number of carbonyl (C=O) groups excluding carboxylic acids is 1. The molecule has 1 aromatic carbocycles. The van der Waals surface area contributed by atoms with Crippen LogP contribution in [0.25, 0.3) is 0 Å². The van der Waals surface area contributed by atoms with Crippen molar-refractivity contribution in [2.45, 2.75) is 44.6 Å². The number of aryl methyl sites for hydroxylation is 1. The average molecular weight is 248 g/mol. The van der Waals surface area contributed by atoms with Crippen molar-refractivity contribution in [3.63, 3.8) is 0 Å². The molecule has 0 radical (unpaired) electrons. The second kappa shape index (κ2) is 4.98. The van der Waals surface area contributed by atoms with Gasteiger partial charge >= 0.3 is 0 Å². The van der Waals surface area contributed by atoms with Crippen LogP contribution in [0.1, 0.15) is 37.7 Å². The maximum Gasteiger partial charge on any atom is 0.244 e. The van der Waals surface area contributed by atoms with Crippen LogP contribution in [0.15, 0.2) is 18.2 Å². The monoisotopic (exact) mass is 248 g/mol. The van der Waals surface area contributed by atoms with Gasteiger partial charge in [-0.2, -0.15) is 0 Å². The Kier molecular flexibility index (Phi) is 3.57. The quantitative estimate of drug-likeness (QED) is 0.703. The normalized spacial score (nSPS) is 18.3. The average Bonchev–Trinajstić information content (AvgIpc) is 2.36. The summed E-state index contributed by atoms with van der Waals surface area (Å²) in [6.45, 7) is 1.80. The van der Waals surface area contributed by atoms with E-state index in [4.69, 9.17) is 5.73 Å². The summed E-state index contributed by atoms with van der Waals surface area (Å²) in [6.07, 6.45) is 4.55. The van der Waals surface area contributed by atoms with Crippen molar-refractivity contribution in [3.05, 3.63) is 23.8 Å². The summed E-state index contributed by atoms with van der Waals surface area (Å²) < 4.78 is 0. The van der Waals surface area contributed by atoms with Crippen LogP contribution in [-0.4, -0.2) is 16.6 Å². The number of amides is 1. The fraction of sp³-hybridized carbons (Fsp3) is 0.500. The molecule has 1 saturated carbocycles. The van der Waals surface area contributed by atoms with Crippen molar-refractivity contribution >= 4 is 11.6 Å². The van der Waals surface area contributed by atoms with E-state index in [1.54, 1.807) is 25.1 Å². The van der Waals surface area contributed by atoms with E-state index >= 15 is 0 Å². The standard InChI is InChI=1S/C14H20N2O2/c1-10-6-5-7-11(12(10)17)16-13(18)14(15)8-3-2-4-9-14/h5-7,17H,2-4,8-9,15H2,1H3,(H,16,18). The van der Waals surface area contributed by atoms with Gasteiger partial charge in [-0.15, -0.1) is 0 Å². The van der Waals surface area contributed by atoms with Crippen LogP contribution in [0.2, 0.25) is 0 Å². The summed E-state index contributed by atoms with van der Waals surface area (Å²) in [6, 6.07) is 5.28. The van der Waals surface area contributed by atoms with Crippen LogP contribution in [0, 0.1) is 6.92 Å². The number of nitrogens with one attached hydrogen (secondary N) is 1. The maximum absolute atomic E-state index is 12.2. The topological polar surface area (TPSA) is 75.4 Å². The summed E-state index contributed by atoms with van der Waals surface area (Å²) in [5.41, 5.74) is 6.54. The van der Waals surface area contributed by atoms with Crippen molar-refractivity contribution in [1.82, 2.24) is 0 Å². The summed E-state index contributed by atoms with van der Waals surface area (Å²) in [7, 11) is 0. The second-order valence-corrected chi connectivity index (χ2v) is 5.14. The van der Waals surface area contributed by atoms with E-state index in [1.165, 1.54) is 0 Å². The lowest BCUT2D eigenvalue weighted by molar-refractivity contribution is -0.122. The third kappa shape index (κ3) is 2.48. The molecule has 1 aromatic rings. The SMILES string of the molecule is Cc1cccc(NC(=O)C2(N)CCCCC2)c1O.